The number of halogens is 1. The van der Waals surface area contributed by atoms with Crippen molar-refractivity contribution in [1.82, 2.24) is 4.72 Å². The number of hydrogen-bond acceptors (Lipinski definition) is 3. The summed E-state index contributed by atoms with van der Waals surface area (Å²) in [5.74, 6) is 0.210. The monoisotopic (exact) mass is 303 g/mol. The maximum Gasteiger partial charge on any atom is 0.240 e. The fourth-order valence-electron chi connectivity index (χ4n) is 2.42. The van der Waals surface area contributed by atoms with Crippen molar-refractivity contribution in [3.8, 4) is 0 Å². The Hall–Kier alpha value is -0.620. The van der Waals surface area contributed by atoms with Crippen molar-refractivity contribution in [1.29, 1.82) is 0 Å². The first-order valence-corrected chi connectivity index (χ1v) is 8.28. The van der Waals surface area contributed by atoms with Crippen LogP contribution in [0.5, 0.6) is 0 Å². The minimum atomic E-state index is -3.60. The molecule has 0 heterocycles. The van der Waals surface area contributed by atoms with Crippen molar-refractivity contribution >= 4 is 21.6 Å². The Morgan fingerprint density at radius 1 is 1.37 bits per heavy atom. The smallest absolute Gasteiger partial charge is 0.240 e. The van der Waals surface area contributed by atoms with Gasteiger partial charge in [-0.25, -0.2) is 13.1 Å². The molecule has 1 aromatic carbocycles. The molecule has 0 spiro atoms. The van der Waals surface area contributed by atoms with Crippen molar-refractivity contribution in [2.75, 3.05) is 6.54 Å². The standard InChI is InChI=1S/C13H18ClNO3S/c14-11-6-3-7-12(8-11)19(17,18)15-9-13(16)10-4-1-2-5-10/h3,6-8,10,13,15-16H,1-2,4-5,9H2/t13-/m1/s1. The van der Waals surface area contributed by atoms with Gasteiger partial charge in [0.25, 0.3) is 0 Å². The highest BCUT2D eigenvalue weighted by Gasteiger charge is 2.25. The molecule has 0 radical (unpaired) electrons. The molecule has 1 aromatic rings. The molecular weight excluding hydrogens is 286 g/mol. The van der Waals surface area contributed by atoms with E-state index in [0.29, 0.717) is 5.02 Å². The second-order valence-corrected chi connectivity index (χ2v) is 7.12. The topological polar surface area (TPSA) is 66.4 Å². The van der Waals surface area contributed by atoms with Gasteiger partial charge in [-0.2, -0.15) is 0 Å². The Bertz CT molecular complexity index is 526. The van der Waals surface area contributed by atoms with Crippen molar-refractivity contribution in [2.45, 2.75) is 36.7 Å². The molecule has 0 amide bonds. The van der Waals surface area contributed by atoms with E-state index in [1.807, 2.05) is 0 Å². The third-order valence-corrected chi connectivity index (χ3v) is 5.19. The van der Waals surface area contributed by atoms with Crippen molar-refractivity contribution in [3.63, 3.8) is 0 Å². The van der Waals surface area contributed by atoms with Crippen LogP contribution in [0.25, 0.3) is 0 Å². The summed E-state index contributed by atoms with van der Waals surface area (Å²) in [5.41, 5.74) is 0. The number of sulfonamides is 1. The molecule has 106 valence electrons. The predicted octanol–water partition coefficient (Wildman–Crippen LogP) is 2.17. The van der Waals surface area contributed by atoms with Crippen molar-refractivity contribution in [3.05, 3.63) is 29.3 Å². The van der Waals surface area contributed by atoms with Crippen LogP contribution in [0.3, 0.4) is 0 Å². The van der Waals surface area contributed by atoms with Gasteiger partial charge in [0.15, 0.2) is 0 Å². The van der Waals surface area contributed by atoms with Crippen LogP contribution in [-0.4, -0.2) is 26.2 Å². The van der Waals surface area contributed by atoms with Crippen LogP contribution >= 0.6 is 11.6 Å². The Balaban J connectivity index is 1.97. The molecular formula is C13H18ClNO3S. The lowest BCUT2D eigenvalue weighted by molar-refractivity contribution is 0.115. The maximum absolute atomic E-state index is 12.0. The Morgan fingerprint density at radius 3 is 2.68 bits per heavy atom. The summed E-state index contributed by atoms with van der Waals surface area (Å²) < 4.78 is 26.5. The van der Waals surface area contributed by atoms with E-state index < -0.39 is 16.1 Å². The van der Waals surface area contributed by atoms with Gasteiger partial charge >= 0.3 is 0 Å². The molecule has 0 bridgehead atoms. The summed E-state index contributed by atoms with van der Waals surface area (Å²) in [6, 6.07) is 6.08. The zero-order valence-electron chi connectivity index (χ0n) is 10.5. The zero-order valence-corrected chi connectivity index (χ0v) is 12.1. The van der Waals surface area contributed by atoms with Gasteiger partial charge in [0, 0.05) is 11.6 Å². The first kappa shape index (κ1) is 14.8. The maximum atomic E-state index is 12.0. The lowest BCUT2D eigenvalue weighted by Crippen LogP contribution is -2.35. The Labute approximate surface area is 118 Å². The van der Waals surface area contributed by atoms with Crippen LogP contribution in [-0.2, 0) is 10.0 Å². The Kier molecular flexibility index (Phi) is 4.84. The number of aliphatic hydroxyl groups excluding tert-OH is 1. The van der Waals surface area contributed by atoms with Gasteiger partial charge in [0.05, 0.1) is 11.0 Å². The summed E-state index contributed by atoms with van der Waals surface area (Å²) >= 11 is 5.78. The lowest BCUT2D eigenvalue weighted by Gasteiger charge is -2.18. The molecule has 4 nitrogen and oxygen atoms in total. The molecule has 19 heavy (non-hydrogen) atoms. The van der Waals surface area contributed by atoms with Gasteiger partial charge in [-0.3, -0.25) is 0 Å². The van der Waals surface area contributed by atoms with E-state index in [0.717, 1.165) is 25.7 Å². The van der Waals surface area contributed by atoms with E-state index in [-0.39, 0.29) is 17.4 Å². The minimum absolute atomic E-state index is 0.0551. The molecule has 0 aliphatic heterocycles. The first-order chi connectivity index (χ1) is 8.99. The third kappa shape index (κ3) is 3.92. The molecule has 0 unspecified atom stereocenters. The highest BCUT2D eigenvalue weighted by Crippen LogP contribution is 2.27. The Morgan fingerprint density at radius 2 is 2.05 bits per heavy atom. The minimum Gasteiger partial charge on any atom is -0.391 e. The molecule has 1 saturated carbocycles. The molecule has 2 rings (SSSR count). The summed E-state index contributed by atoms with van der Waals surface area (Å²) in [7, 11) is -3.60. The van der Waals surface area contributed by atoms with Crippen LogP contribution < -0.4 is 4.72 Å². The molecule has 1 fully saturated rings. The average molecular weight is 304 g/mol. The number of hydrogen-bond donors (Lipinski definition) is 2. The van der Waals surface area contributed by atoms with Crippen molar-refractivity contribution in [2.24, 2.45) is 5.92 Å². The fourth-order valence-corrected chi connectivity index (χ4v) is 3.77. The summed E-state index contributed by atoms with van der Waals surface area (Å²) in [6.45, 7) is 0.0551. The van der Waals surface area contributed by atoms with Gasteiger partial charge < -0.3 is 5.11 Å². The van der Waals surface area contributed by atoms with Gasteiger partial charge in [-0.05, 0) is 37.0 Å². The van der Waals surface area contributed by atoms with Gasteiger partial charge in [-0.1, -0.05) is 30.5 Å². The SMILES string of the molecule is O=S(=O)(NC[C@@H](O)C1CCCC1)c1cccc(Cl)c1. The van der Waals surface area contributed by atoms with E-state index in [4.69, 9.17) is 11.6 Å². The van der Waals surface area contributed by atoms with Gasteiger partial charge in [0.2, 0.25) is 10.0 Å². The summed E-state index contributed by atoms with van der Waals surface area (Å²) in [4.78, 5) is 0.124. The van der Waals surface area contributed by atoms with Gasteiger partial charge in [0.1, 0.15) is 0 Å². The van der Waals surface area contributed by atoms with Crippen LogP contribution in [0.2, 0.25) is 5.02 Å². The van der Waals surface area contributed by atoms with Crippen LogP contribution in [0.4, 0.5) is 0 Å². The van der Waals surface area contributed by atoms with Crippen LogP contribution in [0.15, 0.2) is 29.2 Å². The molecule has 0 aromatic heterocycles. The quantitative estimate of drug-likeness (QED) is 0.876. The number of benzene rings is 1. The van der Waals surface area contributed by atoms with E-state index in [1.165, 1.54) is 12.1 Å². The fraction of sp³-hybridized carbons (Fsp3) is 0.538. The zero-order chi connectivity index (χ0) is 13.9. The molecule has 1 atom stereocenters. The predicted molar refractivity (Wildman–Crippen MR) is 74.6 cm³/mol. The normalized spacial score (nSPS) is 18.6. The van der Waals surface area contributed by atoms with Crippen LogP contribution in [0.1, 0.15) is 25.7 Å². The second kappa shape index (κ2) is 6.22. The number of rotatable bonds is 5. The average Bonchev–Trinajstić information content (AvgIpc) is 2.90. The molecule has 1 aliphatic rings. The first-order valence-electron chi connectivity index (χ1n) is 6.42. The summed E-state index contributed by atoms with van der Waals surface area (Å²) in [5, 5.41) is 10.3. The molecule has 2 N–H and O–H groups in total. The highest BCUT2D eigenvalue weighted by molar-refractivity contribution is 7.89. The molecule has 1 aliphatic carbocycles. The van der Waals surface area contributed by atoms with E-state index in [1.54, 1.807) is 12.1 Å². The van der Waals surface area contributed by atoms with Gasteiger partial charge in [-0.15, -0.1) is 0 Å². The third-order valence-electron chi connectivity index (χ3n) is 3.53. The highest BCUT2D eigenvalue weighted by atomic mass is 35.5. The van der Waals surface area contributed by atoms with E-state index >= 15 is 0 Å². The second-order valence-electron chi connectivity index (χ2n) is 4.92. The van der Waals surface area contributed by atoms with E-state index in [9.17, 15) is 13.5 Å². The lowest BCUT2D eigenvalue weighted by atomic mass is 10.0. The number of aliphatic hydroxyl groups is 1. The largest absolute Gasteiger partial charge is 0.391 e. The van der Waals surface area contributed by atoms with Crippen LogP contribution in [0, 0.1) is 5.92 Å². The molecule has 0 saturated heterocycles. The number of nitrogens with one attached hydrogen (secondary N) is 1. The summed E-state index contributed by atoms with van der Waals surface area (Å²) in [6.07, 6.45) is 3.56. The van der Waals surface area contributed by atoms with E-state index in [2.05, 4.69) is 4.72 Å². The van der Waals surface area contributed by atoms with Crippen molar-refractivity contribution < 1.29 is 13.5 Å². The molecule has 6 heteroatoms.